The summed E-state index contributed by atoms with van der Waals surface area (Å²) in [5.41, 5.74) is 8.45. The van der Waals surface area contributed by atoms with Crippen molar-refractivity contribution in [2.24, 2.45) is 5.73 Å². The van der Waals surface area contributed by atoms with E-state index in [9.17, 15) is 0 Å². The maximum Gasteiger partial charge on any atom is 0.0466 e. The first-order valence-electron chi connectivity index (χ1n) is 5.78. The van der Waals surface area contributed by atoms with Gasteiger partial charge in [-0.15, -0.1) is 11.8 Å². The maximum absolute atomic E-state index is 5.87. The minimum Gasteiger partial charge on any atom is -0.329 e. The Morgan fingerprint density at radius 3 is 2.24 bits per heavy atom. The molecule has 0 aromatic heterocycles. The van der Waals surface area contributed by atoms with Gasteiger partial charge in [0.1, 0.15) is 0 Å². The molecule has 0 spiro atoms. The lowest BCUT2D eigenvalue weighted by atomic mass is 10.1. The van der Waals surface area contributed by atoms with E-state index in [4.69, 9.17) is 5.73 Å². The lowest BCUT2D eigenvalue weighted by molar-refractivity contribution is 0.940. The molecule has 0 saturated carbocycles. The van der Waals surface area contributed by atoms with Crippen molar-refractivity contribution in [3.8, 4) is 0 Å². The molecule has 0 aliphatic heterocycles. The van der Waals surface area contributed by atoms with Crippen LogP contribution in [0.4, 0.5) is 0 Å². The smallest absolute Gasteiger partial charge is 0.0466 e. The normalized spacial score (nSPS) is 12.4. The first kappa shape index (κ1) is 12.2. The van der Waals surface area contributed by atoms with Crippen LogP contribution in [0.3, 0.4) is 0 Å². The van der Waals surface area contributed by atoms with Crippen LogP contribution < -0.4 is 5.73 Å². The van der Waals surface area contributed by atoms with Crippen LogP contribution in [0.2, 0.25) is 0 Å². The summed E-state index contributed by atoms with van der Waals surface area (Å²) >= 11 is 1.82. The fourth-order valence-corrected chi connectivity index (χ4v) is 2.73. The lowest BCUT2D eigenvalue weighted by Gasteiger charge is -2.15. The Hall–Kier alpha value is -1.25. The second-order valence-corrected chi connectivity index (χ2v) is 5.34. The van der Waals surface area contributed by atoms with Crippen molar-refractivity contribution in [1.82, 2.24) is 0 Å². The number of hydrogen-bond donors (Lipinski definition) is 1. The maximum atomic E-state index is 5.87. The molecule has 1 unspecified atom stereocenters. The van der Waals surface area contributed by atoms with E-state index in [-0.39, 0.29) is 0 Å². The monoisotopic (exact) mass is 243 g/mol. The molecule has 0 aliphatic carbocycles. The van der Waals surface area contributed by atoms with Gasteiger partial charge in [-0.1, -0.05) is 48.0 Å². The SMILES string of the molecule is Cc1ccc(C(CN)Sc2ccccc2)cc1. The van der Waals surface area contributed by atoms with E-state index in [0.29, 0.717) is 11.8 Å². The molecule has 1 atom stereocenters. The Labute approximate surface area is 107 Å². The summed E-state index contributed by atoms with van der Waals surface area (Å²) in [5, 5.41) is 0.331. The van der Waals surface area contributed by atoms with Gasteiger partial charge in [0.15, 0.2) is 0 Å². The van der Waals surface area contributed by atoms with Crippen molar-refractivity contribution in [3.63, 3.8) is 0 Å². The van der Waals surface area contributed by atoms with Gasteiger partial charge in [0, 0.05) is 16.7 Å². The molecule has 2 heteroatoms. The van der Waals surface area contributed by atoms with E-state index in [0.717, 1.165) is 0 Å². The van der Waals surface area contributed by atoms with E-state index in [1.165, 1.54) is 16.0 Å². The first-order valence-corrected chi connectivity index (χ1v) is 6.66. The van der Waals surface area contributed by atoms with Gasteiger partial charge in [0.25, 0.3) is 0 Å². The number of thioether (sulfide) groups is 1. The number of nitrogens with two attached hydrogens (primary N) is 1. The zero-order valence-corrected chi connectivity index (χ0v) is 10.8. The van der Waals surface area contributed by atoms with Crippen LogP contribution in [-0.2, 0) is 0 Å². The van der Waals surface area contributed by atoms with Crippen LogP contribution in [0, 0.1) is 6.92 Å². The molecule has 2 aromatic carbocycles. The molecule has 0 amide bonds. The Morgan fingerprint density at radius 2 is 1.65 bits per heavy atom. The predicted molar refractivity (Wildman–Crippen MR) is 75.3 cm³/mol. The third-order valence-electron chi connectivity index (χ3n) is 2.68. The van der Waals surface area contributed by atoms with Crippen LogP contribution in [0.25, 0.3) is 0 Å². The average Bonchev–Trinajstić information content (AvgIpc) is 2.38. The molecule has 2 aromatic rings. The quantitative estimate of drug-likeness (QED) is 0.827. The van der Waals surface area contributed by atoms with Crippen molar-refractivity contribution < 1.29 is 0 Å². The van der Waals surface area contributed by atoms with Crippen LogP contribution in [-0.4, -0.2) is 6.54 Å². The van der Waals surface area contributed by atoms with Gasteiger partial charge < -0.3 is 5.73 Å². The minimum atomic E-state index is 0.331. The second-order valence-electron chi connectivity index (χ2n) is 4.07. The van der Waals surface area contributed by atoms with Gasteiger partial charge in [-0.05, 0) is 24.6 Å². The number of benzene rings is 2. The zero-order chi connectivity index (χ0) is 12.1. The summed E-state index contributed by atoms with van der Waals surface area (Å²) in [7, 11) is 0. The van der Waals surface area contributed by atoms with Gasteiger partial charge >= 0.3 is 0 Å². The Morgan fingerprint density at radius 1 is 1.00 bits per heavy atom. The Balaban J connectivity index is 2.14. The average molecular weight is 243 g/mol. The van der Waals surface area contributed by atoms with E-state index in [1.54, 1.807) is 0 Å². The summed E-state index contributed by atoms with van der Waals surface area (Å²) in [6.07, 6.45) is 0. The van der Waals surface area contributed by atoms with Gasteiger partial charge in [0.2, 0.25) is 0 Å². The highest BCUT2D eigenvalue weighted by Crippen LogP contribution is 2.34. The number of rotatable bonds is 4. The van der Waals surface area contributed by atoms with Crippen molar-refractivity contribution in [3.05, 3.63) is 65.7 Å². The first-order chi connectivity index (χ1) is 8.29. The molecule has 2 rings (SSSR count). The largest absolute Gasteiger partial charge is 0.329 e. The summed E-state index contributed by atoms with van der Waals surface area (Å²) in [4.78, 5) is 1.27. The lowest BCUT2D eigenvalue weighted by Crippen LogP contribution is -2.09. The fraction of sp³-hybridized carbons (Fsp3) is 0.200. The molecule has 17 heavy (non-hydrogen) atoms. The van der Waals surface area contributed by atoms with Crippen molar-refractivity contribution in [2.45, 2.75) is 17.1 Å². The topological polar surface area (TPSA) is 26.0 Å². The summed E-state index contributed by atoms with van der Waals surface area (Å²) in [5.74, 6) is 0. The van der Waals surface area contributed by atoms with Gasteiger partial charge in [-0.3, -0.25) is 0 Å². The van der Waals surface area contributed by atoms with E-state index < -0.39 is 0 Å². The van der Waals surface area contributed by atoms with Crippen LogP contribution in [0.15, 0.2) is 59.5 Å². The van der Waals surface area contributed by atoms with E-state index >= 15 is 0 Å². The Bertz CT molecular complexity index is 450. The highest BCUT2D eigenvalue weighted by molar-refractivity contribution is 7.99. The third kappa shape index (κ3) is 3.35. The van der Waals surface area contributed by atoms with Crippen LogP contribution >= 0.6 is 11.8 Å². The van der Waals surface area contributed by atoms with Gasteiger partial charge in [0.05, 0.1) is 0 Å². The molecule has 1 nitrogen and oxygen atoms in total. The molecule has 88 valence electrons. The van der Waals surface area contributed by atoms with Crippen molar-refractivity contribution in [2.75, 3.05) is 6.54 Å². The van der Waals surface area contributed by atoms with E-state index in [2.05, 4.69) is 55.5 Å². The standard InChI is InChI=1S/C15H17NS/c1-12-7-9-13(10-8-12)15(11-16)17-14-5-3-2-4-6-14/h2-10,15H,11,16H2,1H3. The van der Waals surface area contributed by atoms with Crippen LogP contribution in [0.1, 0.15) is 16.4 Å². The van der Waals surface area contributed by atoms with Crippen molar-refractivity contribution >= 4 is 11.8 Å². The summed E-state index contributed by atoms with van der Waals surface area (Å²) in [6, 6.07) is 19.0. The van der Waals surface area contributed by atoms with E-state index in [1.807, 2.05) is 17.8 Å². The Kier molecular flexibility index (Phi) is 4.24. The molecular weight excluding hydrogens is 226 g/mol. The molecule has 0 heterocycles. The molecule has 0 bridgehead atoms. The molecule has 0 aliphatic rings. The zero-order valence-electron chi connectivity index (χ0n) is 9.97. The van der Waals surface area contributed by atoms with Gasteiger partial charge in [-0.2, -0.15) is 0 Å². The molecule has 2 N–H and O–H groups in total. The third-order valence-corrected chi connectivity index (χ3v) is 3.98. The summed E-state index contributed by atoms with van der Waals surface area (Å²) < 4.78 is 0. The number of hydrogen-bond acceptors (Lipinski definition) is 2. The van der Waals surface area contributed by atoms with Crippen molar-refractivity contribution in [1.29, 1.82) is 0 Å². The fourth-order valence-electron chi connectivity index (χ4n) is 1.70. The van der Waals surface area contributed by atoms with Crippen LogP contribution in [0.5, 0.6) is 0 Å². The molecule has 0 fully saturated rings. The molecule has 0 saturated heterocycles. The number of aryl methyl sites for hydroxylation is 1. The molecule has 0 radical (unpaired) electrons. The highest BCUT2D eigenvalue weighted by Gasteiger charge is 2.10. The predicted octanol–water partition coefficient (Wildman–Crippen LogP) is 3.79. The minimum absolute atomic E-state index is 0.331. The molecular formula is C15H17NS. The van der Waals surface area contributed by atoms with Gasteiger partial charge in [-0.25, -0.2) is 0 Å². The highest BCUT2D eigenvalue weighted by atomic mass is 32.2. The second kappa shape index (κ2) is 5.89. The summed E-state index contributed by atoms with van der Waals surface area (Å²) in [6.45, 7) is 2.76.